The summed E-state index contributed by atoms with van der Waals surface area (Å²) in [5.74, 6) is -0.144. The summed E-state index contributed by atoms with van der Waals surface area (Å²) in [6.45, 7) is 0.0569. The standard InChI is InChI=1S/C12H14N2O7/c1-19-12(16)8(6-15)13-7-4-10-11(21-3-2-20-10)5-9(7)14(17)18/h4-5,8,13,15H,2-3,6H2,1H3. The molecule has 2 N–H and O–H groups in total. The van der Waals surface area contributed by atoms with Crippen molar-refractivity contribution in [2.45, 2.75) is 6.04 Å². The second-order valence-electron chi connectivity index (χ2n) is 4.17. The monoisotopic (exact) mass is 298 g/mol. The summed E-state index contributed by atoms with van der Waals surface area (Å²) in [5, 5.41) is 22.9. The fraction of sp³-hybridized carbons (Fsp3) is 0.417. The van der Waals surface area contributed by atoms with Crippen LogP contribution in [-0.4, -0.2) is 49.0 Å². The molecule has 0 saturated carbocycles. The average Bonchev–Trinajstić information content (AvgIpc) is 2.50. The molecule has 0 spiro atoms. The van der Waals surface area contributed by atoms with Crippen LogP contribution in [0.15, 0.2) is 12.1 Å². The van der Waals surface area contributed by atoms with E-state index in [-0.39, 0.29) is 17.1 Å². The summed E-state index contributed by atoms with van der Waals surface area (Å²) in [6.07, 6.45) is 0. The van der Waals surface area contributed by atoms with Crippen molar-refractivity contribution in [2.75, 3.05) is 32.2 Å². The van der Waals surface area contributed by atoms with Gasteiger partial charge in [0.15, 0.2) is 11.5 Å². The molecule has 1 atom stereocenters. The molecular formula is C12H14N2O7. The minimum Gasteiger partial charge on any atom is -0.486 e. The molecule has 0 radical (unpaired) electrons. The molecule has 0 amide bonds. The molecule has 1 aliphatic heterocycles. The van der Waals surface area contributed by atoms with Gasteiger partial charge < -0.3 is 24.6 Å². The van der Waals surface area contributed by atoms with Crippen LogP contribution in [0.2, 0.25) is 0 Å². The minimum absolute atomic E-state index is 0.0358. The number of esters is 1. The first-order chi connectivity index (χ1) is 10.1. The third-order valence-corrected chi connectivity index (χ3v) is 2.86. The van der Waals surface area contributed by atoms with Crippen LogP contribution in [0.3, 0.4) is 0 Å². The van der Waals surface area contributed by atoms with Crippen molar-refractivity contribution >= 4 is 17.3 Å². The number of anilines is 1. The summed E-state index contributed by atoms with van der Waals surface area (Å²) >= 11 is 0. The number of benzene rings is 1. The highest BCUT2D eigenvalue weighted by Gasteiger charge is 2.26. The fourth-order valence-electron chi connectivity index (χ4n) is 1.85. The largest absolute Gasteiger partial charge is 0.486 e. The lowest BCUT2D eigenvalue weighted by Crippen LogP contribution is -2.34. The van der Waals surface area contributed by atoms with Gasteiger partial charge in [0.2, 0.25) is 0 Å². The first-order valence-corrected chi connectivity index (χ1v) is 6.10. The molecule has 0 bridgehead atoms. The zero-order chi connectivity index (χ0) is 15.4. The van der Waals surface area contributed by atoms with Crippen LogP contribution in [0.5, 0.6) is 11.5 Å². The zero-order valence-electron chi connectivity index (χ0n) is 11.2. The molecule has 21 heavy (non-hydrogen) atoms. The van der Waals surface area contributed by atoms with Gasteiger partial charge in [-0.1, -0.05) is 0 Å². The highest BCUT2D eigenvalue weighted by Crippen LogP contribution is 2.39. The third kappa shape index (κ3) is 3.14. The maximum absolute atomic E-state index is 11.4. The van der Waals surface area contributed by atoms with Gasteiger partial charge >= 0.3 is 5.97 Å². The van der Waals surface area contributed by atoms with Crippen molar-refractivity contribution in [3.63, 3.8) is 0 Å². The molecule has 0 fully saturated rings. The molecule has 9 heteroatoms. The highest BCUT2D eigenvalue weighted by molar-refractivity contribution is 5.81. The number of nitro benzene ring substituents is 1. The Kier molecular flexibility index (Phi) is 4.43. The van der Waals surface area contributed by atoms with Gasteiger partial charge in [-0.15, -0.1) is 0 Å². The van der Waals surface area contributed by atoms with Crippen molar-refractivity contribution in [3.8, 4) is 11.5 Å². The summed E-state index contributed by atoms with van der Waals surface area (Å²) < 4.78 is 15.1. The number of aliphatic hydroxyl groups excluding tert-OH is 1. The molecule has 0 aliphatic carbocycles. The van der Waals surface area contributed by atoms with E-state index in [9.17, 15) is 14.9 Å². The van der Waals surface area contributed by atoms with Gasteiger partial charge in [-0.2, -0.15) is 0 Å². The Hall–Kier alpha value is -2.55. The van der Waals surface area contributed by atoms with Crippen LogP contribution < -0.4 is 14.8 Å². The molecule has 1 heterocycles. The summed E-state index contributed by atoms with van der Waals surface area (Å²) in [6, 6.07) is 1.46. The quantitative estimate of drug-likeness (QED) is 0.453. The van der Waals surface area contributed by atoms with E-state index in [1.807, 2.05) is 0 Å². The normalized spacial score (nSPS) is 14.2. The third-order valence-electron chi connectivity index (χ3n) is 2.86. The van der Waals surface area contributed by atoms with Crippen molar-refractivity contribution in [3.05, 3.63) is 22.2 Å². The van der Waals surface area contributed by atoms with Gasteiger partial charge in [0.05, 0.1) is 24.7 Å². The number of fused-ring (bicyclic) bond motifs is 1. The van der Waals surface area contributed by atoms with Crippen molar-refractivity contribution < 1.29 is 29.0 Å². The molecule has 1 aromatic rings. The maximum Gasteiger partial charge on any atom is 0.330 e. The first-order valence-electron chi connectivity index (χ1n) is 6.10. The van der Waals surface area contributed by atoms with Crippen molar-refractivity contribution in [1.82, 2.24) is 0 Å². The number of aliphatic hydroxyl groups is 1. The Morgan fingerprint density at radius 2 is 2.10 bits per heavy atom. The smallest absolute Gasteiger partial charge is 0.330 e. The number of hydrogen-bond donors (Lipinski definition) is 2. The number of nitro groups is 1. The Labute approximate surface area is 119 Å². The second kappa shape index (κ2) is 6.27. The van der Waals surface area contributed by atoms with Gasteiger partial charge in [-0.3, -0.25) is 10.1 Å². The van der Waals surface area contributed by atoms with E-state index in [0.717, 1.165) is 7.11 Å². The van der Waals surface area contributed by atoms with E-state index in [4.69, 9.17) is 14.6 Å². The highest BCUT2D eigenvalue weighted by atomic mass is 16.6. The molecule has 2 rings (SSSR count). The summed E-state index contributed by atoms with van der Waals surface area (Å²) in [7, 11) is 1.16. The molecule has 9 nitrogen and oxygen atoms in total. The number of ether oxygens (including phenoxy) is 3. The van der Waals surface area contributed by atoms with Crippen molar-refractivity contribution in [1.29, 1.82) is 0 Å². The number of methoxy groups -OCH3 is 1. The van der Waals surface area contributed by atoms with Gasteiger partial charge in [0, 0.05) is 6.07 Å². The SMILES string of the molecule is COC(=O)C(CO)Nc1cc2c(cc1[N+](=O)[O-])OCCO2. The fourth-order valence-corrected chi connectivity index (χ4v) is 1.85. The Morgan fingerprint density at radius 1 is 1.48 bits per heavy atom. The lowest BCUT2D eigenvalue weighted by molar-refractivity contribution is -0.384. The Morgan fingerprint density at radius 3 is 2.62 bits per heavy atom. The van der Waals surface area contributed by atoms with E-state index < -0.39 is 23.5 Å². The minimum atomic E-state index is -1.11. The summed E-state index contributed by atoms with van der Waals surface area (Å²) in [4.78, 5) is 21.9. The van der Waals surface area contributed by atoms with E-state index in [1.165, 1.54) is 12.1 Å². The van der Waals surface area contributed by atoms with Crippen LogP contribution >= 0.6 is 0 Å². The molecular weight excluding hydrogens is 284 g/mol. The lowest BCUT2D eigenvalue weighted by Gasteiger charge is -2.20. The van der Waals surface area contributed by atoms with E-state index in [2.05, 4.69) is 10.1 Å². The predicted octanol–water partition coefficient (Wildman–Crippen LogP) is 0.312. The second-order valence-corrected chi connectivity index (χ2v) is 4.17. The average molecular weight is 298 g/mol. The Balaban J connectivity index is 2.36. The molecule has 1 aliphatic rings. The van der Waals surface area contributed by atoms with Crippen LogP contribution in [0.25, 0.3) is 0 Å². The van der Waals surface area contributed by atoms with Crippen LogP contribution in [0.1, 0.15) is 0 Å². The van der Waals surface area contributed by atoms with Gasteiger partial charge in [-0.25, -0.2) is 4.79 Å². The van der Waals surface area contributed by atoms with E-state index >= 15 is 0 Å². The predicted molar refractivity (Wildman–Crippen MR) is 70.6 cm³/mol. The molecule has 114 valence electrons. The number of hydrogen-bond acceptors (Lipinski definition) is 8. The van der Waals surface area contributed by atoms with Crippen LogP contribution in [0, 0.1) is 10.1 Å². The van der Waals surface area contributed by atoms with Crippen molar-refractivity contribution in [2.24, 2.45) is 0 Å². The van der Waals surface area contributed by atoms with Crippen LogP contribution in [-0.2, 0) is 9.53 Å². The Bertz CT molecular complexity index is 561. The number of carbonyl (C=O) groups excluding carboxylic acids is 1. The molecule has 1 aromatic carbocycles. The van der Waals surface area contributed by atoms with E-state index in [0.29, 0.717) is 19.0 Å². The molecule has 0 saturated heterocycles. The summed E-state index contributed by atoms with van der Waals surface area (Å²) in [5.41, 5.74) is -0.254. The van der Waals surface area contributed by atoms with Gasteiger partial charge in [0.25, 0.3) is 5.69 Å². The first kappa shape index (κ1) is 14.9. The molecule has 0 aromatic heterocycles. The maximum atomic E-state index is 11.4. The zero-order valence-corrected chi connectivity index (χ0v) is 11.2. The van der Waals surface area contributed by atoms with Crippen LogP contribution in [0.4, 0.5) is 11.4 Å². The topological polar surface area (TPSA) is 120 Å². The number of carbonyl (C=O) groups is 1. The number of rotatable bonds is 5. The van der Waals surface area contributed by atoms with E-state index in [1.54, 1.807) is 0 Å². The lowest BCUT2D eigenvalue weighted by atomic mass is 10.2. The van der Waals surface area contributed by atoms with Gasteiger partial charge in [-0.05, 0) is 0 Å². The number of nitrogens with one attached hydrogen (secondary N) is 1. The number of nitrogens with zero attached hydrogens (tertiary/aromatic N) is 1. The molecule has 1 unspecified atom stereocenters. The van der Waals surface area contributed by atoms with Gasteiger partial charge in [0.1, 0.15) is 24.9 Å².